The second-order valence-corrected chi connectivity index (χ2v) is 10.4. The van der Waals surface area contributed by atoms with Gasteiger partial charge in [-0.25, -0.2) is 0 Å². The minimum atomic E-state index is -0.951. The smallest absolute Gasteiger partial charge is 0.186 e. The number of benzene rings is 7. The van der Waals surface area contributed by atoms with E-state index >= 15 is 0 Å². The van der Waals surface area contributed by atoms with Gasteiger partial charge in [-0.15, -0.1) is 11.6 Å². The molecule has 0 fully saturated rings. The standard InChI is InChI=1S/C30H13Cl3O/c31-27-26-20-11-17-7-5-14-9-13-3-1-2-4-18(13)19-10-16-8-6-15(23(20)25(16)24(17)22(14)19)12-21(26)30(34)29(33)28(27)32/h1-12,29H. The van der Waals surface area contributed by atoms with E-state index in [9.17, 15) is 4.79 Å². The minimum absolute atomic E-state index is 0.194. The van der Waals surface area contributed by atoms with Crippen LogP contribution in [0, 0.1) is 0 Å². The molecule has 0 aromatic heterocycles. The lowest BCUT2D eigenvalue weighted by Gasteiger charge is -2.24. The summed E-state index contributed by atoms with van der Waals surface area (Å²) in [5.74, 6) is -0.208. The number of ketones is 1. The summed E-state index contributed by atoms with van der Waals surface area (Å²) in [4.78, 5) is 13.1. The highest BCUT2D eigenvalue weighted by Crippen LogP contribution is 2.49. The Morgan fingerprint density at radius 1 is 0.588 bits per heavy atom. The highest BCUT2D eigenvalue weighted by molar-refractivity contribution is 6.61. The number of carbonyl (C=O) groups excluding carboxylic acids is 1. The van der Waals surface area contributed by atoms with Gasteiger partial charge >= 0.3 is 0 Å². The van der Waals surface area contributed by atoms with E-state index in [-0.39, 0.29) is 10.8 Å². The van der Waals surface area contributed by atoms with Crippen LogP contribution in [0.15, 0.2) is 77.8 Å². The van der Waals surface area contributed by atoms with Crippen molar-refractivity contribution in [1.29, 1.82) is 0 Å². The van der Waals surface area contributed by atoms with Crippen molar-refractivity contribution >= 4 is 110 Å². The minimum Gasteiger partial charge on any atom is -0.292 e. The van der Waals surface area contributed by atoms with Gasteiger partial charge < -0.3 is 0 Å². The van der Waals surface area contributed by atoms with Crippen molar-refractivity contribution in [1.82, 2.24) is 0 Å². The summed E-state index contributed by atoms with van der Waals surface area (Å²) in [6.07, 6.45) is 0. The van der Waals surface area contributed by atoms with Gasteiger partial charge in [0.2, 0.25) is 0 Å². The van der Waals surface area contributed by atoms with Crippen LogP contribution in [0.5, 0.6) is 0 Å². The molecule has 7 aromatic carbocycles. The Hall–Kier alpha value is -3.10. The average Bonchev–Trinajstić information content (AvgIpc) is 2.87. The lowest BCUT2D eigenvalue weighted by Crippen LogP contribution is -2.21. The molecule has 34 heavy (non-hydrogen) atoms. The largest absolute Gasteiger partial charge is 0.292 e. The highest BCUT2D eigenvalue weighted by atomic mass is 35.5. The van der Waals surface area contributed by atoms with Gasteiger partial charge in [0.15, 0.2) is 5.78 Å². The molecule has 1 atom stereocenters. The second-order valence-electron chi connectivity index (χ2n) is 9.16. The van der Waals surface area contributed by atoms with E-state index in [2.05, 4.69) is 66.7 Å². The third kappa shape index (κ3) is 2.17. The molecule has 0 saturated heterocycles. The van der Waals surface area contributed by atoms with Crippen molar-refractivity contribution in [2.75, 3.05) is 0 Å². The van der Waals surface area contributed by atoms with Gasteiger partial charge in [-0.05, 0) is 88.9 Å². The Balaban J connectivity index is 1.69. The normalized spacial score (nSPS) is 16.9. The summed E-state index contributed by atoms with van der Waals surface area (Å²) >= 11 is 19.5. The van der Waals surface area contributed by atoms with Gasteiger partial charge in [0.05, 0.1) is 10.1 Å². The van der Waals surface area contributed by atoms with E-state index < -0.39 is 5.38 Å². The molecule has 0 radical (unpaired) electrons. The molecule has 0 saturated carbocycles. The van der Waals surface area contributed by atoms with E-state index in [0.717, 1.165) is 21.5 Å². The number of halogens is 3. The van der Waals surface area contributed by atoms with Crippen molar-refractivity contribution in [2.45, 2.75) is 5.38 Å². The summed E-state index contributed by atoms with van der Waals surface area (Å²) in [5.41, 5.74) is 1.22. The maximum absolute atomic E-state index is 13.1. The number of carbonyl (C=O) groups is 1. The molecule has 1 aliphatic rings. The third-order valence-electron chi connectivity index (χ3n) is 7.48. The van der Waals surface area contributed by atoms with Gasteiger partial charge in [-0.1, -0.05) is 71.7 Å². The molecule has 160 valence electrons. The lowest BCUT2D eigenvalue weighted by molar-refractivity contribution is 0.0997. The van der Waals surface area contributed by atoms with Crippen molar-refractivity contribution in [2.24, 2.45) is 0 Å². The molecular formula is C30H13Cl3O. The topological polar surface area (TPSA) is 17.1 Å². The molecule has 4 heteroatoms. The maximum Gasteiger partial charge on any atom is 0.186 e. The summed E-state index contributed by atoms with van der Waals surface area (Å²) in [6.45, 7) is 0. The van der Waals surface area contributed by atoms with Crippen molar-refractivity contribution in [3.8, 4) is 0 Å². The van der Waals surface area contributed by atoms with E-state index in [1.165, 1.54) is 43.1 Å². The molecule has 1 unspecified atom stereocenters. The molecule has 1 nitrogen and oxygen atoms in total. The fourth-order valence-corrected chi connectivity index (χ4v) is 6.85. The Kier molecular flexibility index (Phi) is 3.57. The van der Waals surface area contributed by atoms with Gasteiger partial charge in [0.1, 0.15) is 5.38 Å². The molecule has 0 aliphatic heterocycles. The Labute approximate surface area is 208 Å². The third-order valence-corrected chi connectivity index (χ3v) is 8.90. The predicted molar refractivity (Wildman–Crippen MR) is 146 cm³/mol. The average molecular weight is 496 g/mol. The number of Topliss-reactive ketones (excluding diaryl/α,β-unsaturated/α-hetero) is 1. The van der Waals surface area contributed by atoms with Crippen LogP contribution in [0.1, 0.15) is 15.9 Å². The van der Waals surface area contributed by atoms with Gasteiger partial charge in [0.25, 0.3) is 0 Å². The van der Waals surface area contributed by atoms with Gasteiger partial charge in [-0.2, -0.15) is 0 Å². The number of hydrogen-bond acceptors (Lipinski definition) is 1. The van der Waals surface area contributed by atoms with E-state index in [4.69, 9.17) is 34.8 Å². The number of rotatable bonds is 0. The van der Waals surface area contributed by atoms with Crippen LogP contribution in [-0.4, -0.2) is 11.2 Å². The fraction of sp³-hybridized carbons (Fsp3) is 0.0333. The van der Waals surface area contributed by atoms with E-state index in [1.54, 1.807) is 0 Å². The molecule has 1 aliphatic carbocycles. The molecule has 0 bridgehead atoms. The summed E-state index contributed by atoms with van der Waals surface area (Å²) in [6, 6.07) is 25.8. The van der Waals surface area contributed by atoms with Crippen molar-refractivity contribution < 1.29 is 4.79 Å². The van der Waals surface area contributed by atoms with Gasteiger partial charge in [-0.3, -0.25) is 4.79 Å². The van der Waals surface area contributed by atoms with Crippen LogP contribution in [-0.2, 0) is 0 Å². The van der Waals surface area contributed by atoms with E-state index in [1.807, 2.05) is 6.07 Å². The van der Waals surface area contributed by atoms with Crippen LogP contribution in [0.3, 0.4) is 0 Å². The first-order valence-corrected chi connectivity index (χ1v) is 12.3. The van der Waals surface area contributed by atoms with Crippen LogP contribution in [0.25, 0.3) is 69.7 Å². The van der Waals surface area contributed by atoms with Crippen LogP contribution in [0.4, 0.5) is 0 Å². The summed E-state index contributed by atoms with van der Waals surface area (Å²) in [5, 5.41) is 13.6. The Bertz CT molecular complexity index is 2070. The van der Waals surface area contributed by atoms with E-state index in [0.29, 0.717) is 16.2 Å². The molecule has 0 spiro atoms. The first-order valence-electron chi connectivity index (χ1n) is 11.1. The zero-order chi connectivity index (χ0) is 22.9. The van der Waals surface area contributed by atoms with Crippen LogP contribution < -0.4 is 0 Å². The first-order chi connectivity index (χ1) is 16.5. The Morgan fingerprint density at radius 3 is 1.91 bits per heavy atom. The molecule has 7 aromatic rings. The molecule has 0 amide bonds. The zero-order valence-corrected chi connectivity index (χ0v) is 19.8. The predicted octanol–water partition coefficient (Wildman–Crippen LogP) is 9.43. The fourth-order valence-electron chi connectivity index (χ4n) is 6.06. The quantitative estimate of drug-likeness (QED) is 0.116. The molecule has 8 rings (SSSR count). The number of allylic oxidation sites excluding steroid dienone is 1. The SMILES string of the molecule is O=C1c2cc3ccc4cc5c6ccccc6cc6ccc7cc(c2C(Cl)=C(Cl)C1Cl)c3c4c7c65. The molecule has 0 heterocycles. The number of fused-ring (bicyclic) bond motifs is 4. The summed E-state index contributed by atoms with van der Waals surface area (Å²) in [7, 11) is 0. The highest BCUT2D eigenvalue weighted by Gasteiger charge is 2.34. The van der Waals surface area contributed by atoms with Crippen molar-refractivity contribution in [3.05, 3.63) is 89.0 Å². The van der Waals surface area contributed by atoms with Crippen LogP contribution in [0.2, 0.25) is 0 Å². The molecular weight excluding hydrogens is 483 g/mol. The number of hydrogen-bond donors (Lipinski definition) is 0. The van der Waals surface area contributed by atoms with Crippen LogP contribution >= 0.6 is 34.8 Å². The zero-order valence-electron chi connectivity index (χ0n) is 17.5. The Morgan fingerprint density at radius 2 is 1.18 bits per heavy atom. The first kappa shape index (κ1) is 19.2. The van der Waals surface area contributed by atoms with Crippen molar-refractivity contribution in [3.63, 3.8) is 0 Å². The lowest BCUT2D eigenvalue weighted by atomic mass is 9.82. The maximum atomic E-state index is 13.1. The second kappa shape index (κ2) is 6.31. The monoisotopic (exact) mass is 494 g/mol. The number of alkyl halides is 1. The molecule has 0 N–H and O–H groups in total. The van der Waals surface area contributed by atoms with Gasteiger partial charge in [0, 0.05) is 11.1 Å². The summed E-state index contributed by atoms with van der Waals surface area (Å²) < 4.78 is 0.